The van der Waals surface area contributed by atoms with E-state index in [1.54, 1.807) is 54.2 Å². The van der Waals surface area contributed by atoms with Gasteiger partial charge in [0.2, 0.25) is 0 Å². The quantitative estimate of drug-likeness (QED) is 0.347. The molecule has 31 heavy (non-hydrogen) atoms. The van der Waals surface area contributed by atoms with E-state index < -0.39 is 16.3 Å². The molecule has 0 bridgehead atoms. The number of rotatable bonds is 3. The highest BCUT2D eigenvalue weighted by molar-refractivity contribution is 8.23. The number of hydrogen-bond donors (Lipinski definition) is 4. The zero-order chi connectivity index (χ0) is 21.6. The van der Waals surface area contributed by atoms with Crippen molar-refractivity contribution in [1.82, 2.24) is 9.66 Å². The van der Waals surface area contributed by atoms with Gasteiger partial charge in [-0.25, -0.2) is 0 Å². The number of nitrogens with zero attached hydrogens (tertiary/aromatic N) is 4. The molecule has 0 unspecified atom stereocenters. The predicted octanol–water partition coefficient (Wildman–Crippen LogP) is 3.94. The highest BCUT2D eigenvalue weighted by Crippen LogP contribution is 2.55. The van der Waals surface area contributed by atoms with Crippen molar-refractivity contribution in [2.45, 2.75) is 4.90 Å². The standard InChI is InChI=1S/C20H15N5O4S2/c26-17-16(19-23-13-5-1-2-6-15(13)31(28,29)24-19)20(27)25(14-7-9-30-18(14)17)22-11-12-4-3-8-21-10-12/h1-11,26,28-29H,(H,23,24). The molecule has 0 atom stereocenters. The predicted molar refractivity (Wildman–Crippen MR) is 123 cm³/mol. The Bertz CT molecular complexity index is 1430. The topological polar surface area (TPSA) is 132 Å². The first-order valence-electron chi connectivity index (χ1n) is 9.00. The van der Waals surface area contributed by atoms with E-state index in [-0.39, 0.29) is 22.0 Å². The van der Waals surface area contributed by atoms with Crippen LogP contribution in [0.3, 0.4) is 0 Å². The maximum Gasteiger partial charge on any atom is 0.286 e. The van der Waals surface area contributed by atoms with Gasteiger partial charge < -0.3 is 10.4 Å². The second kappa shape index (κ2) is 7.32. The lowest BCUT2D eigenvalue weighted by atomic mass is 10.2. The van der Waals surface area contributed by atoms with Crippen LogP contribution in [0.5, 0.6) is 5.75 Å². The number of para-hydroxylation sites is 1. The van der Waals surface area contributed by atoms with Crippen LogP contribution in [0.25, 0.3) is 10.2 Å². The van der Waals surface area contributed by atoms with E-state index in [0.717, 1.165) is 4.68 Å². The molecule has 0 saturated heterocycles. The normalized spacial score (nSPS) is 16.0. The summed E-state index contributed by atoms with van der Waals surface area (Å²) in [4.78, 5) is 17.6. The molecule has 5 rings (SSSR count). The molecule has 0 fully saturated rings. The van der Waals surface area contributed by atoms with E-state index in [1.807, 2.05) is 0 Å². The van der Waals surface area contributed by atoms with E-state index in [1.165, 1.54) is 23.6 Å². The smallest absolute Gasteiger partial charge is 0.286 e. The van der Waals surface area contributed by atoms with Gasteiger partial charge >= 0.3 is 0 Å². The Morgan fingerprint density at radius 1 is 1.16 bits per heavy atom. The lowest BCUT2D eigenvalue weighted by molar-refractivity contribution is 0.479. The van der Waals surface area contributed by atoms with E-state index in [0.29, 0.717) is 21.5 Å². The number of pyridine rings is 2. The summed E-state index contributed by atoms with van der Waals surface area (Å²) >= 11 is 1.23. The molecule has 0 radical (unpaired) electrons. The van der Waals surface area contributed by atoms with Crippen molar-refractivity contribution < 1.29 is 14.2 Å². The van der Waals surface area contributed by atoms with Crippen LogP contribution in [0, 0.1) is 0 Å². The third-order valence-electron chi connectivity index (χ3n) is 4.63. The van der Waals surface area contributed by atoms with Crippen molar-refractivity contribution in [3.63, 3.8) is 0 Å². The lowest BCUT2D eigenvalue weighted by Crippen LogP contribution is -2.30. The summed E-state index contributed by atoms with van der Waals surface area (Å²) < 4.78 is 26.6. The van der Waals surface area contributed by atoms with Crippen molar-refractivity contribution in [3.8, 4) is 5.75 Å². The van der Waals surface area contributed by atoms with E-state index >= 15 is 0 Å². The summed E-state index contributed by atoms with van der Waals surface area (Å²) in [6, 6.07) is 11.7. The third kappa shape index (κ3) is 3.29. The first-order valence-corrected chi connectivity index (χ1v) is 11.4. The Labute approximate surface area is 181 Å². The second-order valence-electron chi connectivity index (χ2n) is 6.59. The van der Waals surface area contributed by atoms with Crippen LogP contribution in [-0.4, -0.2) is 35.9 Å². The zero-order valence-corrected chi connectivity index (χ0v) is 17.3. The molecule has 4 N–H and O–H groups in total. The average Bonchev–Trinajstić information content (AvgIpc) is 3.24. The van der Waals surface area contributed by atoms with Crippen LogP contribution >= 0.6 is 22.1 Å². The van der Waals surface area contributed by atoms with Crippen LogP contribution in [0.2, 0.25) is 0 Å². The molecule has 11 heteroatoms. The maximum absolute atomic E-state index is 13.3. The number of thiophene rings is 1. The summed E-state index contributed by atoms with van der Waals surface area (Å²) in [5.74, 6) is -0.439. The molecule has 3 aromatic heterocycles. The van der Waals surface area contributed by atoms with Gasteiger partial charge in [0.25, 0.3) is 5.56 Å². The van der Waals surface area contributed by atoms with E-state index in [2.05, 4.69) is 19.8 Å². The minimum atomic E-state index is -3.56. The fourth-order valence-electron chi connectivity index (χ4n) is 3.23. The summed E-state index contributed by atoms with van der Waals surface area (Å²) in [6.45, 7) is 0. The summed E-state index contributed by atoms with van der Waals surface area (Å²) in [6.07, 6.45) is 4.70. The van der Waals surface area contributed by atoms with Crippen LogP contribution < -0.4 is 10.9 Å². The Morgan fingerprint density at radius 3 is 2.81 bits per heavy atom. The molecule has 0 spiro atoms. The summed E-state index contributed by atoms with van der Waals surface area (Å²) in [5.41, 5.74) is 0.628. The molecular formula is C20H15N5O4S2. The van der Waals surface area contributed by atoms with Crippen molar-refractivity contribution in [2.75, 3.05) is 5.32 Å². The van der Waals surface area contributed by atoms with Gasteiger partial charge in [0.05, 0.1) is 22.1 Å². The second-order valence-corrected chi connectivity index (χ2v) is 9.16. The first-order chi connectivity index (χ1) is 15.0. The van der Waals surface area contributed by atoms with Gasteiger partial charge in [-0.05, 0) is 29.6 Å². The van der Waals surface area contributed by atoms with Crippen LogP contribution in [-0.2, 0) is 0 Å². The van der Waals surface area contributed by atoms with E-state index in [4.69, 9.17) is 0 Å². The number of aromatic hydroxyl groups is 1. The van der Waals surface area contributed by atoms with Crippen molar-refractivity contribution in [1.29, 1.82) is 0 Å². The van der Waals surface area contributed by atoms with Crippen molar-refractivity contribution >= 4 is 50.1 Å². The highest BCUT2D eigenvalue weighted by Gasteiger charge is 2.30. The van der Waals surface area contributed by atoms with Crippen LogP contribution in [0.1, 0.15) is 11.1 Å². The SMILES string of the molecule is O=c1c(C2=NS(O)(O)c3ccccc3N2)c(O)c2sccc2n1N=Cc1cccnc1. The molecule has 1 aliphatic rings. The largest absolute Gasteiger partial charge is 0.505 e. The monoisotopic (exact) mass is 453 g/mol. The van der Waals surface area contributed by atoms with Gasteiger partial charge in [-0.3, -0.25) is 18.9 Å². The van der Waals surface area contributed by atoms with Gasteiger partial charge in [-0.2, -0.15) is 9.78 Å². The Morgan fingerprint density at radius 2 is 2.00 bits per heavy atom. The molecule has 0 saturated carbocycles. The molecular weight excluding hydrogens is 438 g/mol. The lowest BCUT2D eigenvalue weighted by Gasteiger charge is -2.34. The summed E-state index contributed by atoms with van der Waals surface area (Å²) in [5, 5.41) is 19.8. The maximum atomic E-state index is 13.3. The molecule has 4 aromatic rings. The first kappa shape index (κ1) is 19.5. The van der Waals surface area contributed by atoms with Gasteiger partial charge in [0, 0.05) is 18.0 Å². The van der Waals surface area contributed by atoms with Crippen molar-refractivity contribution in [3.05, 3.63) is 81.7 Å². The molecule has 0 amide bonds. The minimum absolute atomic E-state index is 0.137. The minimum Gasteiger partial charge on any atom is -0.505 e. The van der Waals surface area contributed by atoms with Gasteiger partial charge in [-0.1, -0.05) is 29.0 Å². The number of anilines is 1. The number of nitrogens with one attached hydrogen (secondary N) is 1. The molecule has 4 heterocycles. The van der Waals surface area contributed by atoms with Gasteiger partial charge in [0.1, 0.15) is 10.5 Å². The van der Waals surface area contributed by atoms with Crippen LogP contribution in [0.4, 0.5) is 5.69 Å². The molecule has 156 valence electrons. The highest BCUT2D eigenvalue weighted by atomic mass is 32.3. The fraction of sp³-hybridized carbons (Fsp3) is 0. The van der Waals surface area contributed by atoms with Crippen molar-refractivity contribution in [2.24, 2.45) is 9.50 Å². The summed E-state index contributed by atoms with van der Waals surface area (Å²) in [7, 11) is -3.56. The molecule has 1 aromatic carbocycles. The molecule has 0 aliphatic carbocycles. The molecule has 1 aliphatic heterocycles. The zero-order valence-electron chi connectivity index (χ0n) is 15.7. The number of hydrogen-bond acceptors (Lipinski definition) is 9. The Hall–Kier alpha value is -3.51. The van der Waals surface area contributed by atoms with Crippen LogP contribution in [0.15, 0.2) is 79.4 Å². The van der Waals surface area contributed by atoms with E-state index in [9.17, 15) is 19.0 Å². The number of benzene rings is 1. The Balaban J connectivity index is 1.71. The van der Waals surface area contributed by atoms with Gasteiger partial charge in [-0.15, -0.1) is 15.7 Å². The third-order valence-corrected chi connectivity index (χ3v) is 6.92. The number of fused-ring (bicyclic) bond motifs is 2. The number of aromatic nitrogens is 2. The number of amidine groups is 1. The average molecular weight is 454 g/mol. The van der Waals surface area contributed by atoms with Gasteiger partial charge in [0.15, 0.2) is 11.6 Å². The molecule has 9 nitrogen and oxygen atoms in total. The fourth-order valence-corrected chi connectivity index (χ4v) is 5.21. The Kier molecular flexibility index (Phi) is 4.59.